The lowest BCUT2D eigenvalue weighted by Gasteiger charge is -2.28. The van der Waals surface area contributed by atoms with Crippen LogP contribution >= 0.6 is 0 Å². The van der Waals surface area contributed by atoms with Crippen LogP contribution in [0.1, 0.15) is 6.92 Å². The Balaban J connectivity index is 1.97. The van der Waals surface area contributed by atoms with Gasteiger partial charge in [0.2, 0.25) is 5.91 Å². The summed E-state index contributed by atoms with van der Waals surface area (Å²) in [6.45, 7) is 3.58. The molecule has 5 nitrogen and oxygen atoms in total. The second-order valence-electron chi connectivity index (χ2n) is 5.20. The average molecular weight is 262 g/mol. The minimum Gasteiger partial charge on any atom is -0.378 e. The van der Waals surface area contributed by atoms with Crippen LogP contribution in [0, 0.1) is 0 Å². The number of carbonyl (C=O) groups is 1. The zero-order valence-electron chi connectivity index (χ0n) is 11.7. The molecule has 0 bridgehead atoms. The first kappa shape index (κ1) is 13.8. The molecule has 1 aromatic rings. The maximum atomic E-state index is 12.1. The molecule has 1 aliphatic rings. The first-order chi connectivity index (χ1) is 9.06. The molecule has 0 aliphatic carbocycles. The fraction of sp³-hybridized carbons (Fsp3) is 0.500. The Morgan fingerprint density at radius 2 is 2.11 bits per heavy atom. The van der Waals surface area contributed by atoms with Gasteiger partial charge in [0, 0.05) is 44.6 Å². The molecule has 19 heavy (non-hydrogen) atoms. The topological polar surface area (TPSA) is 56.4 Å². The molecule has 0 radical (unpaired) electrons. The Bertz CT molecular complexity index is 439. The smallest absolute Gasteiger partial charge is 0.242 e. The van der Waals surface area contributed by atoms with E-state index < -0.39 is 0 Å². The maximum absolute atomic E-state index is 12.1. The van der Waals surface area contributed by atoms with Crippen LogP contribution in [0.15, 0.2) is 24.3 Å². The molecule has 2 rings (SSSR count). The quantitative estimate of drug-likeness (QED) is 0.748. The Morgan fingerprint density at radius 1 is 1.32 bits per heavy atom. The molecule has 0 saturated carbocycles. The lowest BCUT2D eigenvalue weighted by atomic mass is 10.1. The van der Waals surface area contributed by atoms with E-state index >= 15 is 0 Å². The van der Waals surface area contributed by atoms with E-state index in [2.05, 4.69) is 22.9 Å². The monoisotopic (exact) mass is 262 g/mol. The first-order valence-corrected chi connectivity index (χ1v) is 6.61. The van der Waals surface area contributed by atoms with Crippen LogP contribution in [0.2, 0.25) is 0 Å². The Morgan fingerprint density at radius 3 is 2.74 bits per heavy atom. The van der Waals surface area contributed by atoms with E-state index in [0.29, 0.717) is 12.6 Å². The molecule has 2 atom stereocenters. The standard InChI is InChI=1S/C14H22N4O/c1-10-8-16-13(9-15-10)14(19)17-11-5-4-6-12(7-11)18(2)3/h4-7,10,13,15-16H,8-9H2,1-3H3,(H,17,19). The Kier molecular flexibility index (Phi) is 4.39. The van der Waals surface area contributed by atoms with Gasteiger partial charge in [0.05, 0.1) is 6.04 Å². The summed E-state index contributed by atoms with van der Waals surface area (Å²) in [5.74, 6) is 0.00954. The minimum atomic E-state index is -0.167. The summed E-state index contributed by atoms with van der Waals surface area (Å²) < 4.78 is 0. The number of rotatable bonds is 3. The highest BCUT2D eigenvalue weighted by Crippen LogP contribution is 2.17. The molecule has 1 aliphatic heterocycles. The average Bonchev–Trinajstić information content (AvgIpc) is 2.39. The van der Waals surface area contributed by atoms with Crippen LogP contribution < -0.4 is 20.9 Å². The Labute approximate surface area is 114 Å². The Hall–Kier alpha value is -1.59. The molecule has 1 amide bonds. The highest BCUT2D eigenvalue weighted by molar-refractivity contribution is 5.95. The van der Waals surface area contributed by atoms with Crippen LogP contribution in [0.3, 0.4) is 0 Å². The van der Waals surface area contributed by atoms with Gasteiger partial charge in [0.1, 0.15) is 0 Å². The number of nitrogens with zero attached hydrogens (tertiary/aromatic N) is 1. The van der Waals surface area contributed by atoms with Gasteiger partial charge in [-0.25, -0.2) is 0 Å². The van der Waals surface area contributed by atoms with Crippen LogP contribution in [0.25, 0.3) is 0 Å². The zero-order chi connectivity index (χ0) is 13.8. The van der Waals surface area contributed by atoms with Crippen molar-refractivity contribution in [1.82, 2.24) is 10.6 Å². The fourth-order valence-corrected chi connectivity index (χ4v) is 2.06. The first-order valence-electron chi connectivity index (χ1n) is 6.61. The van der Waals surface area contributed by atoms with Gasteiger partial charge in [-0.15, -0.1) is 0 Å². The van der Waals surface area contributed by atoms with E-state index in [9.17, 15) is 4.79 Å². The minimum absolute atomic E-state index is 0.00954. The third-order valence-electron chi connectivity index (χ3n) is 3.29. The summed E-state index contributed by atoms with van der Waals surface area (Å²) in [5, 5.41) is 9.49. The van der Waals surface area contributed by atoms with Crippen molar-refractivity contribution in [2.75, 3.05) is 37.4 Å². The van der Waals surface area contributed by atoms with Gasteiger partial charge in [-0.3, -0.25) is 4.79 Å². The summed E-state index contributed by atoms with van der Waals surface area (Å²) in [4.78, 5) is 14.1. The molecule has 1 heterocycles. The molecular formula is C14H22N4O. The van der Waals surface area contributed by atoms with Gasteiger partial charge in [-0.1, -0.05) is 6.07 Å². The van der Waals surface area contributed by atoms with Crippen molar-refractivity contribution in [1.29, 1.82) is 0 Å². The number of carbonyl (C=O) groups excluding carboxylic acids is 1. The molecule has 0 aromatic heterocycles. The van der Waals surface area contributed by atoms with Crippen molar-refractivity contribution in [3.8, 4) is 0 Å². The van der Waals surface area contributed by atoms with Gasteiger partial charge >= 0.3 is 0 Å². The van der Waals surface area contributed by atoms with E-state index in [1.807, 2.05) is 43.3 Å². The van der Waals surface area contributed by atoms with Gasteiger partial charge in [-0.2, -0.15) is 0 Å². The van der Waals surface area contributed by atoms with E-state index in [1.165, 1.54) is 0 Å². The molecular weight excluding hydrogens is 240 g/mol. The molecule has 3 N–H and O–H groups in total. The number of nitrogens with one attached hydrogen (secondary N) is 3. The predicted molar refractivity (Wildman–Crippen MR) is 78.7 cm³/mol. The third-order valence-corrected chi connectivity index (χ3v) is 3.29. The van der Waals surface area contributed by atoms with E-state index in [4.69, 9.17) is 0 Å². The number of amides is 1. The lowest BCUT2D eigenvalue weighted by Crippen LogP contribution is -2.57. The van der Waals surface area contributed by atoms with Crippen molar-refractivity contribution in [2.45, 2.75) is 19.0 Å². The predicted octanol–water partition coefficient (Wildman–Crippen LogP) is 0.641. The third kappa shape index (κ3) is 3.68. The number of hydrogen-bond donors (Lipinski definition) is 3. The van der Waals surface area contributed by atoms with Crippen molar-refractivity contribution >= 4 is 17.3 Å². The molecule has 0 spiro atoms. The van der Waals surface area contributed by atoms with Crippen LogP contribution in [-0.4, -0.2) is 45.2 Å². The van der Waals surface area contributed by atoms with Gasteiger partial charge < -0.3 is 20.9 Å². The van der Waals surface area contributed by atoms with Crippen molar-refractivity contribution < 1.29 is 4.79 Å². The highest BCUT2D eigenvalue weighted by Gasteiger charge is 2.23. The van der Waals surface area contributed by atoms with Crippen molar-refractivity contribution in [3.05, 3.63) is 24.3 Å². The summed E-state index contributed by atoms with van der Waals surface area (Å²) in [5.41, 5.74) is 1.90. The second-order valence-corrected chi connectivity index (χ2v) is 5.20. The summed E-state index contributed by atoms with van der Waals surface area (Å²) in [7, 11) is 3.96. The van der Waals surface area contributed by atoms with Crippen molar-refractivity contribution in [3.63, 3.8) is 0 Å². The fourth-order valence-electron chi connectivity index (χ4n) is 2.06. The van der Waals surface area contributed by atoms with Gasteiger partial charge in [0.15, 0.2) is 0 Å². The molecule has 2 unspecified atom stereocenters. The molecule has 104 valence electrons. The van der Waals surface area contributed by atoms with Crippen LogP contribution in [-0.2, 0) is 4.79 Å². The molecule has 1 aromatic carbocycles. The summed E-state index contributed by atoms with van der Waals surface area (Å²) in [6, 6.07) is 8.08. The van der Waals surface area contributed by atoms with Gasteiger partial charge in [0.25, 0.3) is 0 Å². The number of hydrogen-bond acceptors (Lipinski definition) is 4. The van der Waals surface area contributed by atoms with Crippen molar-refractivity contribution in [2.24, 2.45) is 0 Å². The second kappa shape index (κ2) is 6.04. The molecule has 1 fully saturated rings. The normalized spacial score (nSPS) is 22.9. The largest absolute Gasteiger partial charge is 0.378 e. The van der Waals surface area contributed by atoms with E-state index in [0.717, 1.165) is 17.9 Å². The molecule has 5 heteroatoms. The van der Waals surface area contributed by atoms with E-state index in [-0.39, 0.29) is 11.9 Å². The number of anilines is 2. The molecule has 1 saturated heterocycles. The number of benzene rings is 1. The van der Waals surface area contributed by atoms with E-state index in [1.54, 1.807) is 0 Å². The van der Waals surface area contributed by atoms with Gasteiger partial charge in [-0.05, 0) is 25.1 Å². The zero-order valence-corrected chi connectivity index (χ0v) is 11.7. The lowest BCUT2D eigenvalue weighted by molar-refractivity contribution is -0.118. The highest BCUT2D eigenvalue weighted by atomic mass is 16.2. The number of piperazine rings is 1. The maximum Gasteiger partial charge on any atom is 0.242 e. The summed E-state index contributed by atoms with van der Waals surface area (Å²) in [6.07, 6.45) is 0. The van der Waals surface area contributed by atoms with Crippen LogP contribution in [0.5, 0.6) is 0 Å². The van der Waals surface area contributed by atoms with Crippen LogP contribution in [0.4, 0.5) is 11.4 Å². The summed E-state index contributed by atoms with van der Waals surface area (Å²) >= 11 is 0. The SMILES string of the molecule is CC1CNC(C(=O)Nc2cccc(N(C)C)c2)CN1.